The number of benzene rings is 2. The van der Waals surface area contributed by atoms with Crippen LogP contribution in [-0.2, 0) is 6.54 Å². The van der Waals surface area contributed by atoms with Gasteiger partial charge in [0.25, 0.3) is 0 Å². The van der Waals surface area contributed by atoms with Crippen molar-refractivity contribution < 1.29 is 4.39 Å². The largest absolute Gasteiger partial charge is 0.310 e. The average molecular weight is 271 g/mol. The second-order valence-electron chi connectivity index (χ2n) is 5.67. The molecule has 20 heavy (non-hydrogen) atoms. The van der Waals surface area contributed by atoms with Crippen LogP contribution in [0.4, 0.5) is 4.39 Å². The van der Waals surface area contributed by atoms with Crippen molar-refractivity contribution in [3.05, 3.63) is 58.9 Å². The van der Waals surface area contributed by atoms with Crippen molar-refractivity contribution in [2.75, 3.05) is 0 Å². The summed E-state index contributed by atoms with van der Waals surface area (Å²) in [5.41, 5.74) is 4.93. The Morgan fingerprint density at radius 1 is 1.00 bits per heavy atom. The molecule has 0 aliphatic heterocycles. The molecule has 0 aliphatic carbocycles. The monoisotopic (exact) mass is 271 g/mol. The third-order valence-electron chi connectivity index (χ3n) is 3.42. The topological polar surface area (TPSA) is 12.0 Å². The normalized spacial score (nSPS) is 11.1. The summed E-state index contributed by atoms with van der Waals surface area (Å²) in [6.45, 7) is 8.94. The van der Waals surface area contributed by atoms with E-state index in [1.54, 1.807) is 6.07 Å². The van der Waals surface area contributed by atoms with E-state index in [2.05, 4.69) is 25.2 Å². The van der Waals surface area contributed by atoms with E-state index < -0.39 is 0 Å². The summed E-state index contributed by atoms with van der Waals surface area (Å²) >= 11 is 0. The van der Waals surface area contributed by atoms with Crippen molar-refractivity contribution in [1.29, 1.82) is 0 Å². The Morgan fingerprint density at radius 2 is 1.70 bits per heavy atom. The standard InChI is InChI=1S/C18H22FN/c1-12(2)20-11-15-6-8-17(18(19)10-15)16-7-5-13(3)9-14(16)4/h5-10,12,20H,11H2,1-4H3. The number of hydrogen-bond acceptors (Lipinski definition) is 1. The van der Waals surface area contributed by atoms with Crippen LogP contribution in [0.15, 0.2) is 36.4 Å². The van der Waals surface area contributed by atoms with Crippen LogP contribution in [0.1, 0.15) is 30.5 Å². The maximum atomic E-state index is 14.3. The zero-order chi connectivity index (χ0) is 14.7. The molecule has 1 N–H and O–H groups in total. The molecule has 0 aliphatic rings. The van der Waals surface area contributed by atoms with Crippen LogP contribution in [0.25, 0.3) is 11.1 Å². The zero-order valence-corrected chi connectivity index (χ0v) is 12.6. The smallest absolute Gasteiger partial charge is 0.131 e. The predicted molar refractivity (Wildman–Crippen MR) is 83.3 cm³/mol. The molecule has 0 saturated carbocycles. The van der Waals surface area contributed by atoms with Gasteiger partial charge in [0.15, 0.2) is 0 Å². The van der Waals surface area contributed by atoms with Crippen LogP contribution in [0, 0.1) is 19.7 Å². The van der Waals surface area contributed by atoms with Gasteiger partial charge in [-0.15, -0.1) is 0 Å². The van der Waals surface area contributed by atoms with Crippen LogP contribution in [0.2, 0.25) is 0 Å². The molecule has 2 rings (SSSR count). The number of nitrogens with one attached hydrogen (secondary N) is 1. The van der Waals surface area contributed by atoms with Crippen molar-refractivity contribution in [2.45, 2.75) is 40.3 Å². The summed E-state index contributed by atoms with van der Waals surface area (Å²) in [6.07, 6.45) is 0. The van der Waals surface area contributed by atoms with Crippen LogP contribution >= 0.6 is 0 Å². The minimum Gasteiger partial charge on any atom is -0.310 e. The fourth-order valence-electron chi connectivity index (χ4n) is 2.32. The van der Waals surface area contributed by atoms with E-state index >= 15 is 0 Å². The summed E-state index contributed by atoms with van der Waals surface area (Å²) in [6, 6.07) is 12.0. The summed E-state index contributed by atoms with van der Waals surface area (Å²) in [7, 11) is 0. The highest BCUT2D eigenvalue weighted by Crippen LogP contribution is 2.27. The van der Waals surface area contributed by atoms with Gasteiger partial charge in [0, 0.05) is 18.2 Å². The van der Waals surface area contributed by atoms with Crippen molar-refractivity contribution in [3.8, 4) is 11.1 Å². The van der Waals surface area contributed by atoms with Gasteiger partial charge < -0.3 is 5.32 Å². The Kier molecular flexibility index (Phi) is 4.56. The molecule has 0 unspecified atom stereocenters. The van der Waals surface area contributed by atoms with Gasteiger partial charge in [-0.05, 0) is 36.6 Å². The lowest BCUT2D eigenvalue weighted by Crippen LogP contribution is -2.21. The van der Waals surface area contributed by atoms with E-state index in [-0.39, 0.29) is 5.82 Å². The fraction of sp³-hybridized carbons (Fsp3) is 0.333. The number of halogens is 1. The molecule has 2 heteroatoms. The van der Waals surface area contributed by atoms with E-state index in [1.165, 1.54) is 5.56 Å². The molecule has 0 atom stereocenters. The molecule has 0 amide bonds. The number of rotatable bonds is 4. The molecule has 2 aromatic carbocycles. The maximum absolute atomic E-state index is 14.3. The SMILES string of the molecule is Cc1ccc(-c2ccc(CNC(C)C)cc2F)c(C)c1. The summed E-state index contributed by atoms with van der Waals surface area (Å²) in [5, 5.41) is 3.30. The number of aryl methyl sites for hydroxylation is 2. The third kappa shape index (κ3) is 3.45. The maximum Gasteiger partial charge on any atom is 0.131 e. The van der Waals surface area contributed by atoms with Crippen LogP contribution in [-0.4, -0.2) is 6.04 Å². The third-order valence-corrected chi connectivity index (χ3v) is 3.42. The lowest BCUT2D eigenvalue weighted by atomic mass is 9.97. The van der Waals surface area contributed by atoms with E-state index in [4.69, 9.17) is 0 Å². The Morgan fingerprint density at radius 3 is 2.30 bits per heavy atom. The summed E-state index contributed by atoms with van der Waals surface area (Å²) < 4.78 is 14.3. The van der Waals surface area contributed by atoms with Crippen LogP contribution in [0.5, 0.6) is 0 Å². The second kappa shape index (κ2) is 6.19. The first-order valence-electron chi connectivity index (χ1n) is 7.07. The lowest BCUT2D eigenvalue weighted by molar-refractivity contribution is 0.582. The van der Waals surface area contributed by atoms with Gasteiger partial charge in [-0.1, -0.05) is 49.7 Å². The van der Waals surface area contributed by atoms with Crippen molar-refractivity contribution in [1.82, 2.24) is 5.32 Å². The Balaban J connectivity index is 2.29. The predicted octanol–water partition coefficient (Wildman–Crippen LogP) is 4.61. The highest BCUT2D eigenvalue weighted by atomic mass is 19.1. The van der Waals surface area contributed by atoms with Gasteiger partial charge in [-0.25, -0.2) is 4.39 Å². The molecule has 0 bridgehead atoms. The molecule has 2 aromatic rings. The molecule has 1 nitrogen and oxygen atoms in total. The van der Waals surface area contributed by atoms with Crippen molar-refractivity contribution >= 4 is 0 Å². The molecule has 0 heterocycles. The van der Waals surface area contributed by atoms with E-state index in [0.29, 0.717) is 18.2 Å². The van der Waals surface area contributed by atoms with Gasteiger partial charge >= 0.3 is 0 Å². The highest BCUT2D eigenvalue weighted by Gasteiger charge is 2.09. The first-order chi connectivity index (χ1) is 9.47. The molecular formula is C18H22FN. The molecule has 0 spiro atoms. The number of hydrogen-bond donors (Lipinski definition) is 1. The summed E-state index contributed by atoms with van der Waals surface area (Å²) in [4.78, 5) is 0. The van der Waals surface area contributed by atoms with Crippen LogP contribution < -0.4 is 5.32 Å². The van der Waals surface area contributed by atoms with Crippen LogP contribution in [0.3, 0.4) is 0 Å². The van der Waals surface area contributed by atoms with Gasteiger partial charge in [-0.2, -0.15) is 0 Å². The first kappa shape index (κ1) is 14.7. The molecular weight excluding hydrogens is 249 g/mol. The molecule has 0 aromatic heterocycles. The Labute approximate surface area is 120 Å². The van der Waals surface area contributed by atoms with E-state index in [9.17, 15) is 4.39 Å². The second-order valence-corrected chi connectivity index (χ2v) is 5.67. The molecule has 106 valence electrons. The van der Waals surface area contributed by atoms with Crippen molar-refractivity contribution in [3.63, 3.8) is 0 Å². The van der Waals surface area contributed by atoms with Gasteiger partial charge in [0.1, 0.15) is 5.82 Å². The van der Waals surface area contributed by atoms with Gasteiger partial charge in [0.05, 0.1) is 0 Å². The minimum absolute atomic E-state index is 0.153. The molecule has 0 radical (unpaired) electrons. The first-order valence-corrected chi connectivity index (χ1v) is 7.07. The van der Waals surface area contributed by atoms with Crippen molar-refractivity contribution in [2.24, 2.45) is 0 Å². The van der Waals surface area contributed by atoms with E-state index in [1.807, 2.05) is 38.1 Å². The Hall–Kier alpha value is -1.67. The van der Waals surface area contributed by atoms with Gasteiger partial charge in [-0.3, -0.25) is 0 Å². The van der Waals surface area contributed by atoms with E-state index in [0.717, 1.165) is 16.7 Å². The lowest BCUT2D eigenvalue weighted by Gasteiger charge is -2.11. The fourth-order valence-corrected chi connectivity index (χ4v) is 2.32. The van der Waals surface area contributed by atoms with Gasteiger partial charge in [0.2, 0.25) is 0 Å². The average Bonchev–Trinajstić information content (AvgIpc) is 2.37. The highest BCUT2D eigenvalue weighted by molar-refractivity contribution is 5.68. The Bertz CT molecular complexity index is 602. The summed E-state index contributed by atoms with van der Waals surface area (Å²) in [5.74, 6) is -0.153. The molecule has 0 fully saturated rings. The minimum atomic E-state index is -0.153. The zero-order valence-electron chi connectivity index (χ0n) is 12.6. The molecule has 0 saturated heterocycles. The quantitative estimate of drug-likeness (QED) is 0.856.